The van der Waals surface area contributed by atoms with Crippen molar-refractivity contribution in [2.75, 3.05) is 0 Å². The zero-order chi connectivity index (χ0) is 20.6. The number of rotatable bonds is 9. The third-order valence-electron chi connectivity index (χ3n) is 5.47. The molecule has 1 aliphatic rings. The van der Waals surface area contributed by atoms with Crippen molar-refractivity contribution in [2.45, 2.75) is 63.7 Å². The summed E-state index contributed by atoms with van der Waals surface area (Å²) in [6, 6.07) is 2.75. The number of amides is 1. The molecule has 1 aliphatic carbocycles. The lowest BCUT2D eigenvalue weighted by molar-refractivity contribution is -0.129. The van der Waals surface area contributed by atoms with Crippen LogP contribution in [0.5, 0.6) is 0 Å². The summed E-state index contributed by atoms with van der Waals surface area (Å²) in [7, 11) is 0. The molecular weight excluding hydrogens is 376 g/mol. The van der Waals surface area contributed by atoms with Gasteiger partial charge >= 0.3 is 5.97 Å². The lowest BCUT2D eigenvalue weighted by Gasteiger charge is -2.22. The smallest absolute Gasteiger partial charge is 0.335 e. The van der Waals surface area contributed by atoms with Gasteiger partial charge in [0.1, 0.15) is 5.69 Å². The molecule has 3 N–H and O–H groups in total. The molecule has 2 heterocycles. The largest absolute Gasteiger partial charge is 0.478 e. The normalized spacial score (nSPS) is 15.8. The van der Waals surface area contributed by atoms with Crippen LogP contribution in [-0.2, 0) is 4.79 Å². The van der Waals surface area contributed by atoms with Crippen molar-refractivity contribution in [1.82, 2.24) is 20.6 Å². The minimum Gasteiger partial charge on any atom is -0.478 e. The van der Waals surface area contributed by atoms with Gasteiger partial charge in [-0.05, 0) is 24.5 Å². The first-order valence-electron chi connectivity index (χ1n) is 10.0. The van der Waals surface area contributed by atoms with Crippen LogP contribution in [0.25, 0.3) is 11.5 Å². The summed E-state index contributed by atoms with van der Waals surface area (Å²) in [4.78, 5) is 31.3. The molecule has 0 spiro atoms. The molecule has 0 radical (unpaired) electrons. The molecule has 1 saturated carbocycles. The predicted octanol–water partition coefficient (Wildman–Crippen LogP) is 3.56. The molecule has 0 aromatic carbocycles. The van der Waals surface area contributed by atoms with E-state index in [4.69, 9.17) is 14.8 Å². The second-order valence-corrected chi connectivity index (χ2v) is 7.56. The summed E-state index contributed by atoms with van der Waals surface area (Å²) >= 11 is 0. The summed E-state index contributed by atoms with van der Waals surface area (Å²) in [5.41, 5.74) is 2.02. The minimum atomic E-state index is -1.07. The van der Waals surface area contributed by atoms with E-state index in [-0.39, 0.29) is 35.3 Å². The van der Waals surface area contributed by atoms with Crippen LogP contribution < -0.4 is 5.48 Å². The number of carbonyl (C=O) groups is 2. The fraction of sp³-hybridized carbons (Fsp3) is 0.550. The molecular formula is C20H26N4O5. The van der Waals surface area contributed by atoms with Gasteiger partial charge in [-0.3, -0.25) is 15.0 Å². The van der Waals surface area contributed by atoms with Crippen LogP contribution in [0.3, 0.4) is 0 Å². The Morgan fingerprint density at radius 3 is 2.79 bits per heavy atom. The molecule has 1 atom stereocenters. The first-order chi connectivity index (χ1) is 14.1. The highest BCUT2D eigenvalue weighted by molar-refractivity contribution is 5.88. The van der Waals surface area contributed by atoms with Crippen molar-refractivity contribution in [3.63, 3.8) is 0 Å². The van der Waals surface area contributed by atoms with E-state index in [1.165, 1.54) is 50.4 Å². The third kappa shape index (κ3) is 5.83. The molecule has 0 aliphatic heterocycles. The monoisotopic (exact) mass is 402 g/mol. The highest BCUT2D eigenvalue weighted by Gasteiger charge is 2.24. The summed E-state index contributed by atoms with van der Waals surface area (Å²) in [5, 5.41) is 21.9. The Morgan fingerprint density at radius 1 is 1.28 bits per heavy atom. The molecule has 1 fully saturated rings. The lowest BCUT2D eigenvalue weighted by Crippen LogP contribution is -2.21. The van der Waals surface area contributed by atoms with Crippen molar-refractivity contribution in [2.24, 2.45) is 5.92 Å². The van der Waals surface area contributed by atoms with E-state index in [9.17, 15) is 9.59 Å². The maximum atomic E-state index is 11.7. The van der Waals surface area contributed by atoms with Crippen LogP contribution in [-0.4, -0.2) is 37.3 Å². The number of aromatic nitrogens is 3. The molecule has 3 rings (SSSR count). The molecule has 9 nitrogen and oxygen atoms in total. The van der Waals surface area contributed by atoms with Gasteiger partial charge in [0.2, 0.25) is 17.6 Å². The Labute approximate surface area is 168 Å². The van der Waals surface area contributed by atoms with E-state index in [2.05, 4.69) is 15.1 Å². The number of hydrogen-bond donors (Lipinski definition) is 3. The van der Waals surface area contributed by atoms with Crippen molar-refractivity contribution in [3.8, 4) is 11.5 Å². The first-order valence-corrected chi connectivity index (χ1v) is 10.0. The molecule has 156 valence electrons. The van der Waals surface area contributed by atoms with Crippen LogP contribution in [0.2, 0.25) is 0 Å². The number of hydrogen-bond acceptors (Lipinski definition) is 7. The van der Waals surface area contributed by atoms with E-state index in [0.29, 0.717) is 6.42 Å². The van der Waals surface area contributed by atoms with E-state index in [1.54, 1.807) is 5.48 Å². The maximum absolute atomic E-state index is 11.7. The first kappa shape index (κ1) is 20.9. The fourth-order valence-electron chi connectivity index (χ4n) is 3.90. The van der Waals surface area contributed by atoms with Crippen molar-refractivity contribution < 1.29 is 24.4 Å². The van der Waals surface area contributed by atoms with Crippen molar-refractivity contribution in [3.05, 3.63) is 29.8 Å². The van der Waals surface area contributed by atoms with Crippen LogP contribution in [0, 0.1) is 5.92 Å². The summed E-state index contributed by atoms with van der Waals surface area (Å²) < 4.78 is 5.36. The Balaban J connectivity index is 1.69. The molecule has 0 unspecified atom stereocenters. The average Bonchev–Trinajstić information content (AvgIpc) is 3.24. The van der Waals surface area contributed by atoms with Crippen LogP contribution in [0.1, 0.15) is 80.0 Å². The molecule has 1 amide bonds. The number of nitrogens with one attached hydrogen (secondary N) is 1. The van der Waals surface area contributed by atoms with Gasteiger partial charge in [0.25, 0.3) is 0 Å². The van der Waals surface area contributed by atoms with E-state index in [0.717, 1.165) is 18.8 Å². The van der Waals surface area contributed by atoms with Gasteiger partial charge in [-0.2, -0.15) is 4.98 Å². The van der Waals surface area contributed by atoms with Crippen molar-refractivity contribution >= 4 is 11.9 Å². The van der Waals surface area contributed by atoms with Gasteiger partial charge in [0.05, 0.1) is 5.56 Å². The highest BCUT2D eigenvalue weighted by atomic mass is 16.5. The van der Waals surface area contributed by atoms with Crippen LogP contribution >= 0.6 is 0 Å². The number of carboxylic acids is 1. The number of aromatic carboxylic acids is 1. The Bertz CT molecular complexity index is 832. The standard InChI is InChI=1S/C20H26N4O5/c25-17(23-28)12-14(8-4-7-13-5-2-1-3-6-13)19-22-18(24-29-19)16-11-15(20(26)27)9-10-21-16/h9-11,13-14,28H,1-8,12H2,(H,23,25)(H,26,27)/t14-/m0/s1. The third-order valence-corrected chi connectivity index (χ3v) is 5.47. The fourth-order valence-corrected chi connectivity index (χ4v) is 3.90. The number of carboxylic acid groups (broad SMARTS) is 1. The van der Waals surface area contributed by atoms with Gasteiger partial charge in [-0.25, -0.2) is 10.3 Å². The average molecular weight is 402 g/mol. The highest BCUT2D eigenvalue weighted by Crippen LogP contribution is 2.31. The topological polar surface area (TPSA) is 138 Å². The van der Waals surface area contributed by atoms with E-state index < -0.39 is 11.9 Å². The number of carbonyl (C=O) groups excluding carboxylic acids is 1. The van der Waals surface area contributed by atoms with Gasteiger partial charge in [-0.15, -0.1) is 0 Å². The minimum absolute atomic E-state index is 0.0331. The van der Waals surface area contributed by atoms with Crippen LogP contribution in [0.15, 0.2) is 22.9 Å². The zero-order valence-electron chi connectivity index (χ0n) is 16.2. The second-order valence-electron chi connectivity index (χ2n) is 7.56. The van der Waals surface area contributed by atoms with E-state index in [1.807, 2.05) is 0 Å². The number of nitrogens with zero attached hydrogens (tertiary/aromatic N) is 3. The molecule has 2 aromatic rings. The van der Waals surface area contributed by atoms with Gasteiger partial charge in [0, 0.05) is 18.5 Å². The van der Waals surface area contributed by atoms with Crippen molar-refractivity contribution in [1.29, 1.82) is 0 Å². The summed E-state index contributed by atoms with van der Waals surface area (Å²) in [6.45, 7) is 0. The molecule has 0 saturated heterocycles. The van der Waals surface area contributed by atoms with Gasteiger partial charge in [-0.1, -0.05) is 50.1 Å². The Morgan fingerprint density at radius 2 is 2.07 bits per heavy atom. The summed E-state index contributed by atoms with van der Waals surface area (Å²) in [5.74, 6) is -0.720. The SMILES string of the molecule is O=C(C[C@H](CCCC1CCCCC1)c1nc(-c2cc(C(=O)O)ccn2)no1)NO. The van der Waals surface area contributed by atoms with Crippen LogP contribution in [0.4, 0.5) is 0 Å². The lowest BCUT2D eigenvalue weighted by atomic mass is 9.84. The molecule has 2 aromatic heterocycles. The Kier molecular flexibility index (Phi) is 7.29. The Hall–Kier alpha value is -2.81. The summed E-state index contributed by atoms with van der Waals surface area (Å²) in [6.07, 6.45) is 10.5. The molecule has 29 heavy (non-hydrogen) atoms. The number of pyridine rings is 1. The number of hydroxylamine groups is 1. The predicted molar refractivity (Wildman–Crippen MR) is 102 cm³/mol. The van der Waals surface area contributed by atoms with Gasteiger partial charge < -0.3 is 9.63 Å². The molecule has 9 heteroatoms. The second kappa shape index (κ2) is 10.1. The zero-order valence-corrected chi connectivity index (χ0v) is 16.2. The quantitative estimate of drug-likeness (QED) is 0.427. The maximum Gasteiger partial charge on any atom is 0.335 e. The van der Waals surface area contributed by atoms with Gasteiger partial charge in [0.15, 0.2) is 0 Å². The molecule has 0 bridgehead atoms. The van der Waals surface area contributed by atoms with E-state index >= 15 is 0 Å².